The summed E-state index contributed by atoms with van der Waals surface area (Å²) < 4.78 is 0. The Hall–Kier alpha value is -0.610. The summed E-state index contributed by atoms with van der Waals surface area (Å²) in [6, 6.07) is 0. The van der Waals surface area contributed by atoms with Crippen molar-refractivity contribution in [2.75, 3.05) is 31.5 Å². The molecule has 0 saturated carbocycles. The lowest BCUT2D eigenvalue weighted by Gasteiger charge is -2.19. The van der Waals surface area contributed by atoms with Gasteiger partial charge in [0.2, 0.25) is 0 Å². The van der Waals surface area contributed by atoms with Crippen molar-refractivity contribution in [1.29, 1.82) is 0 Å². The normalized spacial score (nSPS) is 18.3. The molecule has 1 aliphatic heterocycles. The third kappa shape index (κ3) is 3.76. The number of likely N-dealkylation sites (tertiary alicyclic amines) is 1. The van der Waals surface area contributed by atoms with E-state index in [9.17, 15) is 0 Å². The quantitative estimate of drug-likeness (QED) is 0.875. The van der Waals surface area contributed by atoms with Crippen LogP contribution in [0.25, 0.3) is 0 Å². The molecule has 2 heterocycles. The fourth-order valence-corrected chi connectivity index (χ4v) is 2.83. The minimum atomic E-state index is 1.02. The first-order chi connectivity index (χ1) is 7.84. The Bertz CT molecular complexity index is 303. The molecule has 0 amide bonds. The first-order valence-electron chi connectivity index (χ1n) is 6.23. The maximum absolute atomic E-state index is 4.40. The summed E-state index contributed by atoms with van der Waals surface area (Å²) in [5.41, 5.74) is 1.11. The zero-order chi connectivity index (χ0) is 11.2. The van der Waals surface area contributed by atoms with Gasteiger partial charge in [-0.2, -0.15) is 0 Å². The van der Waals surface area contributed by atoms with Crippen molar-refractivity contribution in [2.24, 2.45) is 0 Å². The molecule has 0 unspecified atom stereocenters. The topological polar surface area (TPSA) is 28.2 Å². The van der Waals surface area contributed by atoms with Gasteiger partial charge in [-0.3, -0.25) is 0 Å². The van der Waals surface area contributed by atoms with Gasteiger partial charge >= 0.3 is 0 Å². The zero-order valence-corrected chi connectivity index (χ0v) is 10.9. The van der Waals surface area contributed by atoms with E-state index < -0.39 is 0 Å². The molecule has 1 N–H and O–H groups in total. The molecule has 0 atom stereocenters. The second-order valence-corrected chi connectivity index (χ2v) is 5.33. The number of anilines is 1. The summed E-state index contributed by atoms with van der Waals surface area (Å²) in [5, 5.41) is 6.55. The molecule has 0 spiro atoms. The number of thiazole rings is 1. The van der Waals surface area contributed by atoms with Crippen LogP contribution < -0.4 is 5.32 Å². The summed E-state index contributed by atoms with van der Waals surface area (Å²) in [5.74, 6) is 0. The van der Waals surface area contributed by atoms with E-state index in [2.05, 4.69) is 20.6 Å². The lowest BCUT2D eigenvalue weighted by Crippen LogP contribution is -2.29. The molecule has 2 rings (SSSR count). The van der Waals surface area contributed by atoms with Gasteiger partial charge in [0.1, 0.15) is 0 Å². The van der Waals surface area contributed by atoms with Crippen LogP contribution >= 0.6 is 11.3 Å². The number of aromatic nitrogens is 1. The lowest BCUT2D eigenvalue weighted by atomic mass is 10.2. The van der Waals surface area contributed by atoms with Crippen molar-refractivity contribution in [3.8, 4) is 0 Å². The van der Waals surface area contributed by atoms with Gasteiger partial charge in [-0.1, -0.05) is 12.8 Å². The van der Waals surface area contributed by atoms with Gasteiger partial charge in [0, 0.05) is 18.5 Å². The van der Waals surface area contributed by atoms with Crippen LogP contribution in [0.4, 0.5) is 5.13 Å². The molecule has 1 fully saturated rings. The van der Waals surface area contributed by atoms with E-state index in [1.165, 1.54) is 38.8 Å². The number of nitrogens with zero attached hydrogens (tertiary/aromatic N) is 2. The van der Waals surface area contributed by atoms with Crippen LogP contribution in [0.1, 0.15) is 31.4 Å². The van der Waals surface area contributed by atoms with E-state index in [4.69, 9.17) is 0 Å². The minimum Gasteiger partial charge on any atom is -0.360 e. The van der Waals surface area contributed by atoms with E-state index in [-0.39, 0.29) is 0 Å². The molecule has 16 heavy (non-hydrogen) atoms. The highest BCUT2D eigenvalue weighted by Gasteiger charge is 2.08. The molecule has 1 saturated heterocycles. The highest BCUT2D eigenvalue weighted by Crippen LogP contribution is 2.14. The summed E-state index contributed by atoms with van der Waals surface area (Å²) in [6.45, 7) is 6.76. The third-order valence-corrected chi connectivity index (χ3v) is 3.94. The second kappa shape index (κ2) is 6.21. The number of nitrogens with one attached hydrogen (secondary N) is 1. The average Bonchev–Trinajstić information content (AvgIpc) is 2.54. The van der Waals surface area contributed by atoms with Crippen molar-refractivity contribution in [1.82, 2.24) is 9.88 Å². The van der Waals surface area contributed by atoms with Gasteiger partial charge in [-0.05, 0) is 32.9 Å². The highest BCUT2D eigenvalue weighted by atomic mass is 32.1. The molecule has 0 aliphatic carbocycles. The Labute approximate surface area is 102 Å². The molecule has 0 aromatic carbocycles. The molecule has 1 aliphatic rings. The summed E-state index contributed by atoms with van der Waals surface area (Å²) in [4.78, 5) is 6.97. The monoisotopic (exact) mass is 239 g/mol. The van der Waals surface area contributed by atoms with Crippen molar-refractivity contribution in [3.05, 3.63) is 11.1 Å². The number of rotatable bonds is 4. The average molecular weight is 239 g/mol. The summed E-state index contributed by atoms with van der Waals surface area (Å²) >= 11 is 1.70. The molecule has 1 aromatic heterocycles. The van der Waals surface area contributed by atoms with Gasteiger partial charge in [0.15, 0.2) is 5.13 Å². The number of hydrogen-bond acceptors (Lipinski definition) is 4. The fourth-order valence-electron chi connectivity index (χ4n) is 2.12. The standard InChI is InChI=1S/C12H21N3S/c1-11-10-16-12(14-11)13-6-9-15-7-4-2-3-5-8-15/h10H,2-9H2,1H3,(H,13,14). The van der Waals surface area contributed by atoms with Crippen molar-refractivity contribution < 1.29 is 0 Å². The molecule has 1 aromatic rings. The molecule has 0 bridgehead atoms. The van der Waals surface area contributed by atoms with Crippen LogP contribution in [0.3, 0.4) is 0 Å². The fraction of sp³-hybridized carbons (Fsp3) is 0.750. The molecule has 90 valence electrons. The smallest absolute Gasteiger partial charge is 0.182 e. The van der Waals surface area contributed by atoms with Gasteiger partial charge in [0.25, 0.3) is 0 Å². The van der Waals surface area contributed by atoms with Crippen molar-refractivity contribution in [2.45, 2.75) is 32.6 Å². The largest absolute Gasteiger partial charge is 0.360 e. The van der Waals surface area contributed by atoms with E-state index in [1.807, 2.05) is 6.92 Å². The van der Waals surface area contributed by atoms with E-state index in [1.54, 1.807) is 11.3 Å². The Balaban J connectivity index is 1.67. The van der Waals surface area contributed by atoms with E-state index in [0.717, 1.165) is 23.9 Å². The van der Waals surface area contributed by atoms with E-state index in [0.29, 0.717) is 0 Å². The molecular weight excluding hydrogens is 218 g/mol. The number of hydrogen-bond donors (Lipinski definition) is 1. The third-order valence-electron chi connectivity index (χ3n) is 3.02. The van der Waals surface area contributed by atoms with Crippen LogP contribution in [0, 0.1) is 6.92 Å². The predicted molar refractivity (Wildman–Crippen MR) is 70.2 cm³/mol. The maximum atomic E-state index is 4.40. The SMILES string of the molecule is Cc1csc(NCCN2CCCCCC2)n1. The van der Waals surface area contributed by atoms with Crippen LogP contribution in [0.15, 0.2) is 5.38 Å². The van der Waals surface area contributed by atoms with Gasteiger partial charge in [-0.15, -0.1) is 11.3 Å². The highest BCUT2D eigenvalue weighted by molar-refractivity contribution is 7.13. The van der Waals surface area contributed by atoms with Gasteiger partial charge in [-0.25, -0.2) is 4.98 Å². The molecule has 4 heteroatoms. The number of aryl methyl sites for hydroxylation is 1. The van der Waals surface area contributed by atoms with Gasteiger partial charge in [0.05, 0.1) is 5.69 Å². The molecule has 0 radical (unpaired) electrons. The molecular formula is C12H21N3S. The summed E-state index contributed by atoms with van der Waals surface area (Å²) in [6.07, 6.45) is 5.57. The first-order valence-corrected chi connectivity index (χ1v) is 7.11. The molecule has 3 nitrogen and oxygen atoms in total. The maximum Gasteiger partial charge on any atom is 0.182 e. The Kier molecular flexibility index (Phi) is 4.60. The first kappa shape index (κ1) is 11.9. The van der Waals surface area contributed by atoms with Crippen LogP contribution in [-0.4, -0.2) is 36.1 Å². The Morgan fingerprint density at radius 1 is 1.31 bits per heavy atom. The Morgan fingerprint density at radius 2 is 2.06 bits per heavy atom. The zero-order valence-electron chi connectivity index (χ0n) is 10.0. The lowest BCUT2D eigenvalue weighted by molar-refractivity contribution is 0.296. The summed E-state index contributed by atoms with van der Waals surface area (Å²) in [7, 11) is 0. The van der Waals surface area contributed by atoms with Crippen molar-refractivity contribution in [3.63, 3.8) is 0 Å². The predicted octanol–water partition coefficient (Wildman–Crippen LogP) is 2.74. The van der Waals surface area contributed by atoms with Crippen LogP contribution in [0.2, 0.25) is 0 Å². The second-order valence-electron chi connectivity index (χ2n) is 4.48. The van der Waals surface area contributed by atoms with Crippen molar-refractivity contribution >= 4 is 16.5 Å². The van der Waals surface area contributed by atoms with Gasteiger partial charge < -0.3 is 10.2 Å². The Morgan fingerprint density at radius 3 is 2.69 bits per heavy atom. The van der Waals surface area contributed by atoms with E-state index >= 15 is 0 Å². The van der Waals surface area contributed by atoms with Crippen LogP contribution in [-0.2, 0) is 0 Å². The van der Waals surface area contributed by atoms with Crippen LogP contribution in [0.5, 0.6) is 0 Å². The minimum absolute atomic E-state index is 1.02.